The molecular weight excluding hydrogens is 318 g/mol. The van der Waals surface area contributed by atoms with Gasteiger partial charge >= 0.3 is 0 Å². The van der Waals surface area contributed by atoms with Gasteiger partial charge in [-0.05, 0) is 22.6 Å². The summed E-state index contributed by atoms with van der Waals surface area (Å²) in [5.74, 6) is 0.436. The lowest BCUT2D eigenvalue weighted by Crippen LogP contribution is -2.27. The molecule has 0 unspecified atom stereocenters. The zero-order chi connectivity index (χ0) is 16.2. The third kappa shape index (κ3) is 3.54. The number of carbonyl (C=O) groups is 1. The van der Waals surface area contributed by atoms with E-state index >= 15 is 0 Å². The molecule has 3 rings (SSSR count). The first kappa shape index (κ1) is 15.2. The van der Waals surface area contributed by atoms with Crippen molar-refractivity contribution in [3.05, 3.63) is 47.2 Å². The molecule has 1 amide bonds. The number of amides is 1. The number of nitrogens with zero attached hydrogens (tertiary/aromatic N) is 6. The molecule has 0 aliphatic carbocycles. The Bertz CT molecular complexity index is 826. The fourth-order valence-electron chi connectivity index (χ4n) is 2.12. The number of nitrogens with one attached hydrogen (secondary N) is 1. The molecule has 2 heterocycles. The Morgan fingerprint density at radius 1 is 1.39 bits per heavy atom. The number of rotatable bonds is 5. The van der Waals surface area contributed by atoms with Crippen LogP contribution in [0.3, 0.4) is 0 Å². The van der Waals surface area contributed by atoms with E-state index < -0.39 is 0 Å². The maximum absolute atomic E-state index is 12.2. The van der Waals surface area contributed by atoms with Crippen LogP contribution < -0.4 is 5.32 Å². The van der Waals surface area contributed by atoms with Crippen molar-refractivity contribution in [2.75, 3.05) is 6.54 Å². The highest BCUT2D eigenvalue weighted by Gasteiger charge is 2.10. The molecule has 0 saturated carbocycles. The van der Waals surface area contributed by atoms with Crippen LogP contribution in [0.2, 0.25) is 5.02 Å². The molecule has 0 bridgehead atoms. The van der Waals surface area contributed by atoms with Gasteiger partial charge < -0.3 is 5.32 Å². The van der Waals surface area contributed by atoms with Gasteiger partial charge in [-0.25, -0.2) is 4.68 Å². The summed E-state index contributed by atoms with van der Waals surface area (Å²) in [6, 6.07) is 7.15. The van der Waals surface area contributed by atoms with Crippen molar-refractivity contribution in [1.29, 1.82) is 0 Å². The molecule has 0 radical (unpaired) electrons. The lowest BCUT2D eigenvalue weighted by Gasteiger charge is -2.07. The molecule has 8 nitrogen and oxygen atoms in total. The van der Waals surface area contributed by atoms with E-state index in [9.17, 15) is 4.79 Å². The second-order valence-electron chi connectivity index (χ2n) is 4.88. The lowest BCUT2D eigenvalue weighted by atomic mass is 10.1. The van der Waals surface area contributed by atoms with Crippen LogP contribution in [0.25, 0.3) is 11.4 Å². The zero-order valence-electron chi connectivity index (χ0n) is 12.3. The minimum atomic E-state index is -0.166. The van der Waals surface area contributed by atoms with E-state index in [0.29, 0.717) is 29.5 Å². The molecule has 0 atom stereocenters. The van der Waals surface area contributed by atoms with Crippen molar-refractivity contribution in [3.63, 3.8) is 0 Å². The second-order valence-corrected chi connectivity index (χ2v) is 5.32. The highest BCUT2D eigenvalue weighted by molar-refractivity contribution is 6.30. The van der Waals surface area contributed by atoms with Crippen molar-refractivity contribution in [3.8, 4) is 11.4 Å². The molecular formula is C14H14ClN7O. The van der Waals surface area contributed by atoms with Crippen LogP contribution in [-0.2, 0) is 13.6 Å². The molecule has 23 heavy (non-hydrogen) atoms. The van der Waals surface area contributed by atoms with Gasteiger partial charge in [-0.1, -0.05) is 23.7 Å². The number of aryl methyl sites for hydroxylation is 1. The summed E-state index contributed by atoms with van der Waals surface area (Å²) in [5.41, 5.74) is 1.33. The fraction of sp³-hybridized carbons (Fsp3) is 0.214. The number of benzene rings is 1. The molecule has 0 spiro atoms. The van der Waals surface area contributed by atoms with Crippen LogP contribution in [0, 0.1) is 0 Å². The maximum atomic E-state index is 12.2. The van der Waals surface area contributed by atoms with Gasteiger partial charge in [0.2, 0.25) is 0 Å². The van der Waals surface area contributed by atoms with E-state index in [1.165, 1.54) is 0 Å². The van der Waals surface area contributed by atoms with E-state index in [0.717, 1.165) is 5.56 Å². The van der Waals surface area contributed by atoms with Crippen LogP contribution in [0.1, 0.15) is 10.4 Å². The molecule has 1 aromatic carbocycles. The zero-order valence-corrected chi connectivity index (χ0v) is 13.1. The Morgan fingerprint density at radius 2 is 2.26 bits per heavy atom. The van der Waals surface area contributed by atoms with Gasteiger partial charge in [-0.3, -0.25) is 9.48 Å². The largest absolute Gasteiger partial charge is 0.350 e. The number of hydrogen-bond donors (Lipinski definition) is 1. The van der Waals surface area contributed by atoms with Crippen molar-refractivity contribution >= 4 is 17.5 Å². The second kappa shape index (κ2) is 6.57. The number of carbonyl (C=O) groups excluding carboxylic acids is 1. The van der Waals surface area contributed by atoms with Crippen molar-refractivity contribution in [1.82, 2.24) is 35.3 Å². The number of aromatic nitrogens is 6. The highest BCUT2D eigenvalue weighted by atomic mass is 35.5. The number of hydrogen-bond acceptors (Lipinski definition) is 5. The average Bonchev–Trinajstić information content (AvgIpc) is 3.16. The molecule has 0 aliphatic rings. The summed E-state index contributed by atoms with van der Waals surface area (Å²) < 4.78 is 3.22. The smallest absolute Gasteiger partial charge is 0.251 e. The average molecular weight is 332 g/mol. The topological polar surface area (TPSA) is 90.5 Å². The molecule has 0 aliphatic heterocycles. The Morgan fingerprint density at radius 3 is 2.96 bits per heavy atom. The predicted molar refractivity (Wildman–Crippen MR) is 83.8 cm³/mol. The molecule has 3 aromatic rings. The first-order valence-electron chi connectivity index (χ1n) is 6.92. The lowest BCUT2D eigenvalue weighted by molar-refractivity contribution is 0.0952. The molecule has 2 aromatic heterocycles. The van der Waals surface area contributed by atoms with E-state index in [2.05, 4.69) is 25.9 Å². The number of tetrazole rings is 1. The van der Waals surface area contributed by atoms with E-state index in [4.69, 9.17) is 11.6 Å². The standard InChI is InChI=1S/C14H14ClN7O/c1-21-13(18-19-20-21)10-3-2-4-11(7-10)14(23)16-5-6-22-9-12(15)8-17-22/h2-4,7-9H,5-6H2,1H3,(H,16,23). The molecule has 0 saturated heterocycles. The highest BCUT2D eigenvalue weighted by Crippen LogP contribution is 2.16. The van der Waals surface area contributed by atoms with Gasteiger partial charge in [0.15, 0.2) is 5.82 Å². The Labute approximate surface area is 137 Å². The summed E-state index contributed by atoms with van der Waals surface area (Å²) in [6.07, 6.45) is 3.26. The minimum Gasteiger partial charge on any atom is -0.350 e. The summed E-state index contributed by atoms with van der Waals surface area (Å²) >= 11 is 5.79. The van der Waals surface area contributed by atoms with Crippen molar-refractivity contribution in [2.24, 2.45) is 7.05 Å². The molecule has 0 fully saturated rings. The maximum Gasteiger partial charge on any atom is 0.251 e. The quantitative estimate of drug-likeness (QED) is 0.757. The predicted octanol–water partition coefficient (Wildman–Crippen LogP) is 1.16. The Balaban J connectivity index is 1.64. The van der Waals surface area contributed by atoms with E-state index in [1.54, 1.807) is 47.0 Å². The monoisotopic (exact) mass is 331 g/mol. The molecule has 1 N–H and O–H groups in total. The van der Waals surface area contributed by atoms with E-state index in [1.807, 2.05) is 6.07 Å². The van der Waals surface area contributed by atoms with Gasteiger partial charge in [0, 0.05) is 30.9 Å². The summed E-state index contributed by atoms with van der Waals surface area (Å²) in [4.78, 5) is 12.2. The summed E-state index contributed by atoms with van der Waals surface area (Å²) in [6.45, 7) is 0.998. The van der Waals surface area contributed by atoms with E-state index in [-0.39, 0.29) is 5.91 Å². The minimum absolute atomic E-state index is 0.166. The molecule has 9 heteroatoms. The summed E-state index contributed by atoms with van der Waals surface area (Å²) in [5, 5.41) is 18.8. The molecule has 118 valence electrons. The fourth-order valence-corrected chi connectivity index (χ4v) is 2.28. The number of halogens is 1. The van der Waals surface area contributed by atoms with Gasteiger partial charge in [-0.15, -0.1) is 5.10 Å². The van der Waals surface area contributed by atoms with Gasteiger partial charge in [0.25, 0.3) is 5.91 Å². The SMILES string of the molecule is Cn1nnnc1-c1cccc(C(=O)NCCn2cc(Cl)cn2)c1. The third-order valence-electron chi connectivity index (χ3n) is 3.23. The van der Waals surface area contributed by atoms with Crippen LogP contribution in [-0.4, -0.2) is 42.4 Å². The van der Waals surface area contributed by atoms with Crippen LogP contribution >= 0.6 is 11.6 Å². The van der Waals surface area contributed by atoms with Crippen LogP contribution in [0.15, 0.2) is 36.7 Å². The van der Waals surface area contributed by atoms with Crippen LogP contribution in [0.5, 0.6) is 0 Å². The third-order valence-corrected chi connectivity index (χ3v) is 3.43. The van der Waals surface area contributed by atoms with Gasteiger partial charge in [0.05, 0.1) is 17.8 Å². The van der Waals surface area contributed by atoms with Crippen molar-refractivity contribution < 1.29 is 4.79 Å². The van der Waals surface area contributed by atoms with Gasteiger partial charge in [0.1, 0.15) is 0 Å². The normalized spacial score (nSPS) is 10.7. The van der Waals surface area contributed by atoms with Gasteiger partial charge in [-0.2, -0.15) is 5.10 Å². The Hall–Kier alpha value is -2.74. The first-order valence-corrected chi connectivity index (χ1v) is 7.30. The summed E-state index contributed by atoms with van der Waals surface area (Å²) in [7, 11) is 1.75. The van der Waals surface area contributed by atoms with Crippen molar-refractivity contribution in [2.45, 2.75) is 6.54 Å². The first-order chi connectivity index (χ1) is 11.1. The van der Waals surface area contributed by atoms with Crippen LogP contribution in [0.4, 0.5) is 0 Å². The Kier molecular flexibility index (Phi) is 4.33.